The highest BCUT2D eigenvalue weighted by Gasteiger charge is 2.37. The summed E-state index contributed by atoms with van der Waals surface area (Å²) in [5, 5.41) is 9.61. The van der Waals surface area contributed by atoms with Crippen molar-refractivity contribution in [2.75, 3.05) is 17.6 Å². The molecule has 5 rings (SSSR count). The second-order valence-corrected chi connectivity index (χ2v) is 7.61. The highest BCUT2D eigenvalue weighted by molar-refractivity contribution is 6.00. The lowest BCUT2D eigenvalue weighted by Gasteiger charge is -2.11. The van der Waals surface area contributed by atoms with Crippen LogP contribution in [0.15, 0.2) is 53.7 Å². The molecule has 4 aromatic rings. The van der Waals surface area contributed by atoms with Crippen molar-refractivity contribution in [1.29, 1.82) is 0 Å². The van der Waals surface area contributed by atoms with Crippen molar-refractivity contribution in [3.05, 3.63) is 70.7 Å². The summed E-state index contributed by atoms with van der Waals surface area (Å²) in [6.45, 7) is 0.221. The van der Waals surface area contributed by atoms with Gasteiger partial charge in [0.1, 0.15) is 29.1 Å². The molecule has 1 amide bonds. The number of nitrogen functional groups attached to an aromatic ring is 1. The lowest BCUT2D eigenvalue weighted by Crippen LogP contribution is -2.26. The van der Waals surface area contributed by atoms with Crippen LogP contribution in [0, 0.1) is 11.7 Å². The molecule has 1 aliphatic carbocycles. The van der Waals surface area contributed by atoms with Crippen molar-refractivity contribution < 1.29 is 13.6 Å². The lowest BCUT2D eigenvalue weighted by molar-refractivity contribution is 0.0952. The Balaban J connectivity index is 1.46. The quantitative estimate of drug-likeness (QED) is 0.407. The van der Waals surface area contributed by atoms with Crippen LogP contribution in [0.4, 0.5) is 26.1 Å². The summed E-state index contributed by atoms with van der Waals surface area (Å²) >= 11 is 0. The highest BCUT2D eigenvalue weighted by atomic mass is 19.1. The molecule has 0 bridgehead atoms. The highest BCUT2D eigenvalue weighted by Crippen LogP contribution is 2.32. The second-order valence-electron chi connectivity index (χ2n) is 7.61. The first-order valence-electron chi connectivity index (χ1n) is 10.1. The van der Waals surface area contributed by atoms with Gasteiger partial charge in [-0.2, -0.15) is 9.61 Å². The third-order valence-electron chi connectivity index (χ3n) is 5.28. The summed E-state index contributed by atoms with van der Waals surface area (Å²) in [5.41, 5.74) is 5.89. The summed E-state index contributed by atoms with van der Waals surface area (Å²) in [6.07, 6.45) is 3.64. The first-order chi connectivity index (χ1) is 15.9. The summed E-state index contributed by atoms with van der Waals surface area (Å²) in [4.78, 5) is 33.7. The molecule has 4 aromatic heterocycles. The van der Waals surface area contributed by atoms with Crippen molar-refractivity contribution in [1.82, 2.24) is 29.5 Å². The summed E-state index contributed by atoms with van der Waals surface area (Å²) in [6, 6.07) is 7.11. The third-order valence-corrected chi connectivity index (χ3v) is 5.28. The summed E-state index contributed by atoms with van der Waals surface area (Å²) in [7, 11) is 0. The molecule has 0 spiro atoms. The first kappa shape index (κ1) is 20.5. The van der Waals surface area contributed by atoms with Crippen molar-refractivity contribution in [3.8, 4) is 5.82 Å². The van der Waals surface area contributed by atoms with E-state index >= 15 is 0 Å². The third kappa shape index (κ3) is 3.86. The van der Waals surface area contributed by atoms with Gasteiger partial charge in [-0.05, 0) is 30.7 Å². The Bertz CT molecular complexity index is 1430. The van der Waals surface area contributed by atoms with Crippen molar-refractivity contribution >= 4 is 28.9 Å². The maximum Gasteiger partial charge on any atom is 0.280 e. The number of hydrogen-bond donors (Lipinski definition) is 3. The van der Waals surface area contributed by atoms with E-state index in [0.29, 0.717) is 6.42 Å². The Morgan fingerprint density at radius 2 is 2.12 bits per heavy atom. The number of nitrogens with zero attached hydrogens (tertiary/aromatic N) is 5. The van der Waals surface area contributed by atoms with Crippen molar-refractivity contribution in [3.63, 3.8) is 0 Å². The molecule has 0 aromatic carbocycles. The van der Waals surface area contributed by atoms with Crippen LogP contribution in [0.1, 0.15) is 16.8 Å². The van der Waals surface area contributed by atoms with Gasteiger partial charge in [-0.25, -0.2) is 18.7 Å². The van der Waals surface area contributed by atoms with E-state index in [1.165, 1.54) is 47.4 Å². The number of halogens is 2. The van der Waals surface area contributed by atoms with Crippen LogP contribution in [-0.2, 0) is 0 Å². The molecule has 4 N–H and O–H groups in total. The number of carbonyl (C=O) groups is 1. The van der Waals surface area contributed by atoms with Gasteiger partial charge in [0.15, 0.2) is 17.3 Å². The van der Waals surface area contributed by atoms with Gasteiger partial charge in [0.2, 0.25) is 0 Å². The smallest absolute Gasteiger partial charge is 0.280 e. The molecule has 0 saturated heterocycles. The van der Waals surface area contributed by atoms with E-state index in [0.717, 1.165) is 4.57 Å². The topological polar surface area (TPSA) is 132 Å². The molecule has 10 nitrogen and oxygen atoms in total. The monoisotopic (exact) mass is 452 g/mol. The Kier molecular flexibility index (Phi) is 4.96. The molecule has 168 valence electrons. The molecule has 12 heteroatoms. The van der Waals surface area contributed by atoms with Crippen LogP contribution in [0.3, 0.4) is 0 Å². The number of hydrogen-bond acceptors (Lipinski definition) is 7. The van der Waals surface area contributed by atoms with Crippen molar-refractivity contribution in [2.24, 2.45) is 5.92 Å². The minimum absolute atomic E-state index is 0.0899. The average molecular weight is 452 g/mol. The van der Waals surface area contributed by atoms with Crippen LogP contribution in [0.5, 0.6) is 0 Å². The number of nitrogens with one attached hydrogen (secondary N) is 2. The van der Waals surface area contributed by atoms with Gasteiger partial charge in [-0.3, -0.25) is 14.2 Å². The van der Waals surface area contributed by atoms with E-state index in [-0.39, 0.29) is 46.8 Å². The van der Waals surface area contributed by atoms with E-state index in [4.69, 9.17) is 5.73 Å². The molecule has 1 aliphatic rings. The normalized spacial score (nSPS) is 17.2. The average Bonchev–Trinajstić information content (AvgIpc) is 3.33. The minimum atomic E-state index is -0.881. The molecule has 0 aliphatic heterocycles. The maximum atomic E-state index is 14.1. The number of carbonyl (C=O) groups excluding carboxylic acids is 1. The number of aromatic nitrogens is 5. The van der Waals surface area contributed by atoms with E-state index < -0.39 is 23.5 Å². The van der Waals surface area contributed by atoms with Gasteiger partial charge in [0, 0.05) is 30.9 Å². The van der Waals surface area contributed by atoms with Crippen LogP contribution < -0.4 is 21.9 Å². The molecule has 33 heavy (non-hydrogen) atoms. The van der Waals surface area contributed by atoms with Crippen molar-refractivity contribution in [2.45, 2.75) is 12.6 Å². The number of nitrogens with two attached hydrogens (primary N) is 1. The number of amides is 1. The van der Waals surface area contributed by atoms with Gasteiger partial charge in [0.25, 0.3) is 11.5 Å². The molecular formula is C21H18F2N8O2. The van der Waals surface area contributed by atoms with Crippen LogP contribution in [0.2, 0.25) is 0 Å². The summed E-state index contributed by atoms with van der Waals surface area (Å²) < 4.78 is 29.5. The van der Waals surface area contributed by atoms with Gasteiger partial charge < -0.3 is 16.4 Å². The molecule has 0 radical (unpaired) electrons. The SMILES string of the molecule is Nc1cc(Nc2cccn(-c3ncccc3F)c2=O)nc2c(C(=O)NC[C@@H]3C[C@@H]3F)cnn12. The molecule has 1 saturated carbocycles. The van der Waals surface area contributed by atoms with Gasteiger partial charge in [-0.15, -0.1) is 0 Å². The number of pyridine rings is 2. The molecular weight excluding hydrogens is 434 g/mol. The lowest BCUT2D eigenvalue weighted by atomic mass is 10.3. The predicted octanol–water partition coefficient (Wildman–Crippen LogP) is 1.83. The fourth-order valence-electron chi connectivity index (χ4n) is 3.40. The van der Waals surface area contributed by atoms with Gasteiger partial charge in [0.05, 0.1) is 6.20 Å². The van der Waals surface area contributed by atoms with Crippen LogP contribution >= 0.6 is 0 Å². The fraction of sp³-hybridized carbons (Fsp3) is 0.190. The molecule has 1 fully saturated rings. The minimum Gasteiger partial charge on any atom is -0.383 e. The molecule has 4 heterocycles. The Hall–Kier alpha value is -4.35. The van der Waals surface area contributed by atoms with Crippen LogP contribution in [0.25, 0.3) is 11.5 Å². The Morgan fingerprint density at radius 3 is 2.88 bits per heavy atom. The van der Waals surface area contributed by atoms with E-state index in [1.54, 1.807) is 6.07 Å². The van der Waals surface area contributed by atoms with Gasteiger partial charge >= 0.3 is 0 Å². The maximum absolute atomic E-state index is 14.1. The van der Waals surface area contributed by atoms with E-state index in [9.17, 15) is 18.4 Å². The standard InChI is InChI=1S/C21H18F2N8O2/c22-13-3-1-5-25-19(13)30-6-2-4-15(21(30)33)28-17-8-16(24)31-18(29-17)12(10-27-31)20(32)26-9-11-7-14(11)23/h1-6,8,10-11,14H,7,9,24H2,(H,26,32)(H,28,29)/t11-,14-/m0/s1. The number of anilines is 3. The molecule has 0 unspecified atom stereocenters. The first-order valence-corrected chi connectivity index (χ1v) is 10.1. The van der Waals surface area contributed by atoms with E-state index in [1.807, 2.05) is 0 Å². The number of alkyl halides is 1. The Labute approximate surface area is 185 Å². The molecule has 2 atom stereocenters. The zero-order chi connectivity index (χ0) is 23.1. The zero-order valence-electron chi connectivity index (χ0n) is 17.1. The zero-order valence-corrected chi connectivity index (χ0v) is 17.1. The summed E-state index contributed by atoms with van der Waals surface area (Å²) in [5.74, 6) is -1.08. The van der Waals surface area contributed by atoms with Crippen LogP contribution in [-0.4, -0.2) is 42.8 Å². The van der Waals surface area contributed by atoms with Gasteiger partial charge in [-0.1, -0.05) is 0 Å². The second kappa shape index (κ2) is 7.97. The predicted molar refractivity (Wildman–Crippen MR) is 116 cm³/mol. The van der Waals surface area contributed by atoms with E-state index in [2.05, 4.69) is 25.7 Å². The number of fused-ring (bicyclic) bond motifs is 1. The fourth-order valence-corrected chi connectivity index (χ4v) is 3.40. The number of rotatable bonds is 6. The largest absolute Gasteiger partial charge is 0.383 e. The Morgan fingerprint density at radius 1 is 1.30 bits per heavy atom.